The summed E-state index contributed by atoms with van der Waals surface area (Å²) >= 11 is 12.6. The summed E-state index contributed by atoms with van der Waals surface area (Å²) in [5.41, 5.74) is 10.2. The van der Waals surface area contributed by atoms with Crippen molar-refractivity contribution in [3.05, 3.63) is 75.5 Å². The Kier molecular flexibility index (Phi) is 4.17. The molecule has 4 rings (SSSR count). The third kappa shape index (κ3) is 2.75. The number of furan rings is 1. The summed E-state index contributed by atoms with van der Waals surface area (Å²) in [6, 6.07) is 9.75. The maximum atomic E-state index is 11.6. The van der Waals surface area contributed by atoms with E-state index in [-0.39, 0.29) is 10.6 Å². The normalized spacial score (nSPS) is 13.7. The predicted molar refractivity (Wildman–Crippen MR) is 104 cm³/mol. The number of fused-ring (bicyclic) bond motifs is 2. The number of nitrogens with two attached hydrogens (primary N) is 1. The lowest BCUT2D eigenvalue weighted by molar-refractivity contribution is 0.100. The van der Waals surface area contributed by atoms with Gasteiger partial charge in [-0.3, -0.25) is 4.79 Å². The van der Waals surface area contributed by atoms with Gasteiger partial charge in [0.25, 0.3) is 5.91 Å². The molecule has 0 radical (unpaired) electrons. The highest BCUT2D eigenvalue weighted by Gasteiger charge is 2.25. The van der Waals surface area contributed by atoms with Crippen LogP contribution in [0, 0.1) is 0 Å². The quantitative estimate of drug-likeness (QED) is 0.698. The number of hydrogen-bond acceptors (Lipinski definition) is 3. The zero-order chi connectivity index (χ0) is 18.4. The highest BCUT2D eigenvalue weighted by molar-refractivity contribution is 6.40. The molecule has 1 aliphatic rings. The monoisotopic (exact) mass is 386 g/mol. The maximum absolute atomic E-state index is 11.6. The number of hydrogen-bond donors (Lipinski definition) is 1. The van der Waals surface area contributed by atoms with Crippen LogP contribution in [0.4, 0.5) is 0 Å². The van der Waals surface area contributed by atoms with Gasteiger partial charge >= 0.3 is 0 Å². The smallest absolute Gasteiger partial charge is 0.251 e. The summed E-state index contributed by atoms with van der Waals surface area (Å²) in [4.78, 5) is 13.8. The van der Waals surface area contributed by atoms with Crippen LogP contribution in [0.15, 0.2) is 47.6 Å². The zero-order valence-electron chi connectivity index (χ0n) is 13.9. The van der Waals surface area contributed by atoms with Gasteiger partial charge in [0.2, 0.25) is 0 Å². The van der Waals surface area contributed by atoms with E-state index in [0.717, 1.165) is 39.9 Å². The maximum Gasteiger partial charge on any atom is 0.251 e. The number of benzene rings is 2. The standard InChI is InChI=1S/C20H16Cl2N2O2/c1-11(13-3-2-12-5-7-26-17(12)9-13)24-6-4-15-14(10-24)8-16(21)18(19(15)22)20(23)25/h2-3,5,7-9H,1,4,6,10H2,(H2,23,25). The first-order valence-corrected chi connectivity index (χ1v) is 8.92. The van der Waals surface area contributed by atoms with Crippen LogP contribution in [0.5, 0.6) is 0 Å². The molecule has 0 atom stereocenters. The summed E-state index contributed by atoms with van der Waals surface area (Å²) in [5, 5.41) is 1.70. The molecular weight excluding hydrogens is 371 g/mol. The van der Waals surface area contributed by atoms with E-state index in [1.165, 1.54) is 0 Å². The molecule has 3 aromatic rings. The van der Waals surface area contributed by atoms with Crippen LogP contribution < -0.4 is 5.73 Å². The highest BCUT2D eigenvalue weighted by atomic mass is 35.5. The summed E-state index contributed by atoms with van der Waals surface area (Å²) in [7, 11) is 0. The third-order valence-corrected chi connectivity index (χ3v) is 5.54. The van der Waals surface area contributed by atoms with Gasteiger partial charge in [-0.2, -0.15) is 0 Å². The number of primary amides is 1. The fourth-order valence-corrected chi connectivity index (χ4v) is 4.20. The Morgan fingerprint density at radius 1 is 1.23 bits per heavy atom. The molecule has 4 nitrogen and oxygen atoms in total. The van der Waals surface area contributed by atoms with E-state index in [1.807, 2.05) is 24.3 Å². The van der Waals surface area contributed by atoms with Crippen molar-refractivity contribution in [1.82, 2.24) is 4.90 Å². The van der Waals surface area contributed by atoms with Gasteiger partial charge in [-0.15, -0.1) is 0 Å². The van der Waals surface area contributed by atoms with Crippen molar-refractivity contribution in [3.8, 4) is 0 Å². The van der Waals surface area contributed by atoms with Crippen LogP contribution >= 0.6 is 23.2 Å². The van der Waals surface area contributed by atoms with Crippen molar-refractivity contribution < 1.29 is 9.21 Å². The molecule has 0 unspecified atom stereocenters. The largest absolute Gasteiger partial charge is 0.464 e. The molecule has 2 aromatic carbocycles. The average Bonchev–Trinajstić information content (AvgIpc) is 3.07. The van der Waals surface area contributed by atoms with Crippen LogP contribution in [0.2, 0.25) is 10.0 Å². The van der Waals surface area contributed by atoms with E-state index in [0.29, 0.717) is 18.0 Å². The number of halogens is 2. The van der Waals surface area contributed by atoms with Gasteiger partial charge in [-0.1, -0.05) is 41.9 Å². The van der Waals surface area contributed by atoms with Gasteiger partial charge in [0.15, 0.2) is 0 Å². The van der Waals surface area contributed by atoms with Gasteiger partial charge < -0.3 is 15.1 Å². The fourth-order valence-electron chi connectivity index (χ4n) is 3.42. The highest BCUT2D eigenvalue weighted by Crippen LogP contribution is 2.36. The van der Waals surface area contributed by atoms with Crippen LogP contribution in [0.25, 0.3) is 16.7 Å². The number of rotatable bonds is 3. The van der Waals surface area contributed by atoms with Gasteiger partial charge in [0.1, 0.15) is 5.58 Å². The second-order valence-electron chi connectivity index (χ2n) is 6.34. The molecule has 6 heteroatoms. The Labute approximate surface area is 160 Å². The van der Waals surface area contributed by atoms with Crippen LogP contribution in [0.3, 0.4) is 0 Å². The molecule has 2 heterocycles. The number of carbonyl (C=O) groups excluding carboxylic acids is 1. The molecule has 0 bridgehead atoms. The van der Waals surface area contributed by atoms with Crippen molar-refractivity contribution in [2.75, 3.05) is 6.54 Å². The van der Waals surface area contributed by atoms with Gasteiger partial charge in [0, 0.05) is 29.7 Å². The molecule has 1 amide bonds. The Morgan fingerprint density at radius 3 is 2.81 bits per heavy atom. The van der Waals surface area contributed by atoms with E-state index >= 15 is 0 Å². The molecule has 1 aliphatic heterocycles. The summed E-state index contributed by atoms with van der Waals surface area (Å²) in [6.45, 7) is 5.60. The summed E-state index contributed by atoms with van der Waals surface area (Å²) < 4.78 is 5.48. The summed E-state index contributed by atoms with van der Waals surface area (Å²) in [6.07, 6.45) is 2.36. The Morgan fingerprint density at radius 2 is 2.04 bits per heavy atom. The average molecular weight is 387 g/mol. The first kappa shape index (κ1) is 17.0. The molecule has 132 valence electrons. The Hall–Kier alpha value is -2.43. The van der Waals surface area contributed by atoms with Crippen molar-refractivity contribution in [1.29, 1.82) is 0 Å². The van der Waals surface area contributed by atoms with Crippen molar-refractivity contribution >= 4 is 45.8 Å². The topological polar surface area (TPSA) is 59.5 Å². The second-order valence-corrected chi connectivity index (χ2v) is 7.13. The Balaban J connectivity index is 1.65. The van der Waals surface area contributed by atoms with E-state index in [1.54, 1.807) is 12.3 Å². The SMILES string of the molecule is C=C(c1ccc2ccoc2c1)N1CCc2c(cc(Cl)c(C(N)=O)c2Cl)C1. The fraction of sp³-hybridized carbons (Fsp3) is 0.150. The van der Waals surface area contributed by atoms with Crippen LogP contribution in [0.1, 0.15) is 27.0 Å². The predicted octanol–water partition coefficient (Wildman–Crippen LogP) is 4.87. The molecule has 0 fully saturated rings. The molecule has 1 aromatic heterocycles. The number of carbonyl (C=O) groups is 1. The molecule has 0 saturated heterocycles. The number of amides is 1. The molecule has 0 spiro atoms. The minimum Gasteiger partial charge on any atom is -0.464 e. The molecule has 2 N–H and O–H groups in total. The third-order valence-electron chi connectivity index (χ3n) is 4.82. The Bertz CT molecular complexity index is 1060. The van der Waals surface area contributed by atoms with Gasteiger partial charge in [-0.05, 0) is 35.7 Å². The van der Waals surface area contributed by atoms with Crippen LogP contribution in [-0.2, 0) is 13.0 Å². The van der Waals surface area contributed by atoms with E-state index in [4.69, 9.17) is 33.4 Å². The molecular formula is C20H16Cl2N2O2. The zero-order valence-corrected chi connectivity index (χ0v) is 15.4. The minimum absolute atomic E-state index is 0.197. The van der Waals surface area contributed by atoms with Crippen molar-refractivity contribution in [2.45, 2.75) is 13.0 Å². The van der Waals surface area contributed by atoms with Crippen molar-refractivity contribution in [3.63, 3.8) is 0 Å². The van der Waals surface area contributed by atoms with Gasteiger partial charge in [0.05, 0.1) is 21.9 Å². The minimum atomic E-state index is -0.610. The number of nitrogens with zero attached hydrogens (tertiary/aromatic N) is 1. The lowest BCUT2D eigenvalue weighted by atomic mass is 9.95. The van der Waals surface area contributed by atoms with Crippen LogP contribution in [-0.4, -0.2) is 17.4 Å². The van der Waals surface area contributed by atoms with E-state index < -0.39 is 5.91 Å². The molecule has 0 aliphatic carbocycles. The van der Waals surface area contributed by atoms with Gasteiger partial charge in [-0.25, -0.2) is 0 Å². The van der Waals surface area contributed by atoms with E-state index in [2.05, 4.69) is 11.5 Å². The van der Waals surface area contributed by atoms with Crippen molar-refractivity contribution in [2.24, 2.45) is 5.73 Å². The second kappa shape index (κ2) is 6.38. The lowest BCUT2D eigenvalue weighted by Gasteiger charge is -2.33. The summed E-state index contributed by atoms with van der Waals surface area (Å²) in [5.74, 6) is -0.610. The first-order valence-electron chi connectivity index (χ1n) is 8.16. The van der Waals surface area contributed by atoms with E-state index in [9.17, 15) is 4.79 Å². The molecule has 0 saturated carbocycles. The molecule has 26 heavy (non-hydrogen) atoms. The lowest BCUT2D eigenvalue weighted by Crippen LogP contribution is -2.29. The first-order chi connectivity index (χ1) is 12.5.